The molecule has 0 aromatic heterocycles. The Hall–Kier alpha value is 0.759. The van der Waals surface area contributed by atoms with Crippen molar-refractivity contribution in [3.05, 3.63) is 0 Å². The minimum atomic E-state index is -1.43. The minimum absolute atomic E-state index is 1.03. The molecule has 1 heterocycles. The Morgan fingerprint density at radius 2 is 1.50 bits per heavy atom. The van der Waals surface area contributed by atoms with Crippen LogP contribution in [-0.2, 0) is 4.74 Å². The van der Waals surface area contributed by atoms with E-state index in [9.17, 15) is 0 Å². The average Bonchev–Trinajstić information content (AvgIpc) is 1.81. The molecule has 1 rings (SSSR count). The molecule has 0 radical (unpaired) electrons. The third-order valence-corrected chi connectivity index (χ3v) is 12.0. The standard InChI is InChI=1S/C6H12O.2CH3.Sn/c1-3-5-7-6-4-2;;;/h1-6H2;2*1H3;. The zero-order valence-corrected chi connectivity index (χ0v) is 10.0. The quantitative estimate of drug-likeness (QED) is 0.599. The van der Waals surface area contributed by atoms with Gasteiger partial charge >= 0.3 is 67.9 Å². The van der Waals surface area contributed by atoms with Crippen LogP contribution in [0.1, 0.15) is 12.8 Å². The second kappa shape index (κ2) is 3.95. The van der Waals surface area contributed by atoms with Crippen molar-refractivity contribution in [3.8, 4) is 0 Å². The molecule has 1 aliphatic heterocycles. The summed E-state index contributed by atoms with van der Waals surface area (Å²) in [5, 5.41) is 0. The summed E-state index contributed by atoms with van der Waals surface area (Å²) in [4.78, 5) is 5.14. The zero-order valence-electron chi connectivity index (χ0n) is 7.15. The van der Waals surface area contributed by atoms with E-state index in [1.165, 1.54) is 21.7 Å². The van der Waals surface area contributed by atoms with Gasteiger partial charge in [-0.2, -0.15) is 0 Å². The number of hydrogen-bond acceptors (Lipinski definition) is 1. The third kappa shape index (κ3) is 3.24. The molecule has 0 N–H and O–H groups in total. The first-order chi connectivity index (χ1) is 4.71. The van der Waals surface area contributed by atoms with Crippen LogP contribution in [0.25, 0.3) is 0 Å². The topological polar surface area (TPSA) is 9.23 Å². The van der Waals surface area contributed by atoms with Gasteiger partial charge < -0.3 is 0 Å². The monoisotopic (exact) mass is 250 g/mol. The molecule has 0 amide bonds. The molecule has 0 atom stereocenters. The van der Waals surface area contributed by atoms with Crippen LogP contribution in [0.4, 0.5) is 0 Å². The summed E-state index contributed by atoms with van der Waals surface area (Å²) in [6, 6.07) is 0. The molecular formula is C8H18OSn. The van der Waals surface area contributed by atoms with Gasteiger partial charge in [-0.15, -0.1) is 0 Å². The molecule has 2 heteroatoms. The van der Waals surface area contributed by atoms with Gasteiger partial charge in [-0.25, -0.2) is 0 Å². The fourth-order valence-corrected chi connectivity index (χ4v) is 8.53. The van der Waals surface area contributed by atoms with Crippen molar-refractivity contribution < 1.29 is 4.74 Å². The molecule has 0 bridgehead atoms. The fraction of sp³-hybridized carbons (Fsp3) is 1.00. The molecule has 0 saturated carbocycles. The molecule has 0 aliphatic carbocycles. The maximum atomic E-state index is 5.40. The fourth-order valence-electron chi connectivity index (χ4n) is 1.53. The summed E-state index contributed by atoms with van der Waals surface area (Å²) < 4.78 is 8.47. The Morgan fingerprint density at radius 3 is 2.00 bits per heavy atom. The van der Waals surface area contributed by atoms with Crippen LogP contribution in [-0.4, -0.2) is 31.6 Å². The molecule has 10 heavy (non-hydrogen) atoms. The summed E-state index contributed by atoms with van der Waals surface area (Å²) in [6.07, 6.45) is 2.67. The molecule has 0 spiro atoms. The van der Waals surface area contributed by atoms with Crippen LogP contribution < -0.4 is 0 Å². The summed E-state index contributed by atoms with van der Waals surface area (Å²) in [6.45, 7) is 2.06. The first-order valence-electron chi connectivity index (χ1n) is 4.28. The Morgan fingerprint density at radius 1 is 1.00 bits per heavy atom. The Kier molecular flexibility index (Phi) is 3.50. The molecular weight excluding hydrogens is 231 g/mol. The van der Waals surface area contributed by atoms with Gasteiger partial charge in [-0.1, -0.05) is 0 Å². The first kappa shape index (κ1) is 8.85. The predicted molar refractivity (Wildman–Crippen MR) is 47.1 cm³/mol. The number of rotatable bonds is 0. The van der Waals surface area contributed by atoms with Gasteiger partial charge in [-0.05, 0) is 0 Å². The molecule has 1 nitrogen and oxygen atoms in total. The van der Waals surface area contributed by atoms with Gasteiger partial charge in [0, 0.05) is 0 Å². The van der Waals surface area contributed by atoms with Gasteiger partial charge in [0.25, 0.3) is 0 Å². The van der Waals surface area contributed by atoms with Crippen molar-refractivity contribution in [2.75, 3.05) is 13.2 Å². The molecule has 0 aromatic carbocycles. The van der Waals surface area contributed by atoms with E-state index in [-0.39, 0.29) is 0 Å². The van der Waals surface area contributed by atoms with Crippen LogP contribution in [0.15, 0.2) is 0 Å². The van der Waals surface area contributed by atoms with Crippen LogP contribution in [0.3, 0.4) is 0 Å². The van der Waals surface area contributed by atoms with Crippen molar-refractivity contribution >= 4 is 18.4 Å². The Bertz CT molecular complexity index is 91.4. The average molecular weight is 249 g/mol. The molecule has 1 fully saturated rings. The molecule has 0 aromatic rings. The van der Waals surface area contributed by atoms with Gasteiger partial charge in [0.05, 0.1) is 0 Å². The van der Waals surface area contributed by atoms with E-state index in [2.05, 4.69) is 9.88 Å². The van der Waals surface area contributed by atoms with E-state index in [4.69, 9.17) is 4.74 Å². The summed E-state index contributed by atoms with van der Waals surface area (Å²) in [7, 11) is 0. The van der Waals surface area contributed by atoms with E-state index in [1.54, 1.807) is 0 Å². The van der Waals surface area contributed by atoms with Crippen LogP contribution in [0, 0.1) is 0 Å². The van der Waals surface area contributed by atoms with Crippen molar-refractivity contribution in [1.82, 2.24) is 0 Å². The van der Waals surface area contributed by atoms with Crippen molar-refractivity contribution in [2.45, 2.75) is 31.6 Å². The van der Waals surface area contributed by atoms with Crippen molar-refractivity contribution in [3.63, 3.8) is 0 Å². The summed E-state index contributed by atoms with van der Waals surface area (Å²) in [5.41, 5.74) is 0. The van der Waals surface area contributed by atoms with E-state index in [0.29, 0.717) is 0 Å². The van der Waals surface area contributed by atoms with E-state index in [0.717, 1.165) is 13.2 Å². The summed E-state index contributed by atoms with van der Waals surface area (Å²) in [5.74, 6) is 0. The predicted octanol–water partition coefficient (Wildman–Crippen LogP) is 2.51. The van der Waals surface area contributed by atoms with Crippen LogP contribution in [0.5, 0.6) is 0 Å². The SMILES string of the molecule is [CH3][Sn]1([CH3])[CH2]CCOCC[CH2]1. The van der Waals surface area contributed by atoms with Gasteiger partial charge in [-0.3, -0.25) is 0 Å². The first-order valence-corrected chi connectivity index (χ1v) is 14.0. The van der Waals surface area contributed by atoms with E-state index >= 15 is 0 Å². The second-order valence-electron chi connectivity index (χ2n) is 3.98. The molecule has 1 aliphatic rings. The molecule has 0 unspecified atom stereocenters. The van der Waals surface area contributed by atoms with Crippen molar-refractivity contribution in [2.24, 2.45) is 0 Å². The number of hydrogen-bond donors (Lipinski definition) is 0. The maximum absolute atomic E-state index is 5.40. The molecule has 60 valence electrons. The zero-order chi connectivity index (χ0) is 7.45. The van der Waals surface area contributed by atoms with Crippen LogP contribution in [0.2, 0.25) is 18.8 Å². The van der Waals surface area contributed by atoms with Gasteiger partial charge in [0.2, 0.25) is 0 Å². The Balaban J connectivity index is 2.30. The summed E-state index contributed by atoms with van der Waals surface area (Å²) >= 11 is -1.43. The van der Waals surface area contributed by atoms with E-state index in [1.807, 2.05) is 0 Å². The van der Waals surface area contributed by atoms with Gasteiger partial charge in [0.15, 0.2) is 0 Å². The third-order valence-electron chi connectivity index (χ3n) is 2.28. The van der Waals surface area contributed by atoms with Crippen LogP contribution >= 0.6 is 0 Å². The normalized spacial score (nSPS) is 27.0. The Labute approximate surface area is 68.0 Å². The number of ether oxygens (including phenoxy) is 1. The van der Waals surface area contributed by atoms with Gasteiger partial charge in [0.1, 0.15) is 0 Å². The van der Waals surface area contributed by atoms with Crippen molar-refractivity contribution in [1.29, 1.82) is 0 Å². The van der Waals surface area contributed by atoms with E-state index < -0.39 is 18.4 Å². The second-order valence-corrected chi connectivity index (χ2v) is 19.2. The molecule has 1 saturated heterocycles.